The number of nitrogens with one attached hydrogen (secondary N) is 1. The molecule has 1 aromatic carbocycles. The Labute approximate surface area is 109 Å². The maximum absolute atomic E-state index is 4.21. The molecule has 1 unspecified atom stereocenters. The molecule has 0 radical (unpaired) electrons. The fourth-order valence-corrected chi connectivity index (χ4v) is 2.78. The van der Waals surface area contributed by atoms with Crippen LogP contribution in [0.3, 0.4) is 0 Å². The SMILES string of the molecule is Brc1cncc(CC2NCc3ccccc32)c1. The standard InChI is InChI=1S/C14H13BrN2/c15-12-5-10(7-16-9-12)6-14-13-4-2-1-3-11(13)8-17-14/h1-5,7,9,14,17H,6,8H2. The maximum Gasteiger partial charge on any atom is 0.0410 e. The van der Waals surface area contributed by atoms with Crippen LogP contribution in [0, 0.1) is 0 Å². The summed E-state index contributed by atoms with van der Waals surface area (Å²) >= 11 is 3.46. The number of nitrogens with zero attached hydrogens (tertiary/aromatic N) is 1. The molecular formula is C14H13BrN2. The van der Waals surface area contributed by atoms with E-state index in [0.717, 1.165) is 17.4 Å². The summed E-state index contributed by atoms with van der Waals surface area (Å²) in [5.41, 5.74) is 4.10. The number of hydrogen-bond donors (Lipinski definition) is 1. The Morgan fingerprint density at radius 2 is 2.18 bits per heavy atom. The highest BCUT2D eigenvalue weighted by atomic mass is 79.9. The summed E-state index contributed by atoms with van der Waals surface area (Å²) in [7, 11) is 0. The van der Waals surface area contributed by atoms with Crippen molar-refractivity contribution < 1.29 is 0 Å². The minimum Gasteiger partial charge on any atom is -0.306 e. The van der Waals surface area contributed by atoms with Crippen LogP contribution in [-0.4, -0.2) is 4.98 Å². The van der Waals surface area contributed by atoms with Crippen LogP contribution in [-0.2, 0) is 13.0 Å². The third-order valence-electron chi connectivity index (χ3n) is 3.17. The fraction of sp³-hybridized carbons (Fsp3) is 0.214. The van der Waals surface area contributed by atoms with Crippen LogP contribution in [0.4, 0.5) is 0 Å². The number of fused-ring (bicyclic) bond motifs is 1. The second-order valence-electron chi connectivity index (χ2n) is 4.35. The summed E-state index contributed by atoms with van der Waals surface area (Å²) in [5.74, 6) is 0. The van der Waals surface area contributed by atoms with Crippen LogP contribution < -0.4 is 5.32 Å². The van der Waals surface area contributed by atoms with E-state index >= 15 is 0 Å². The molecule has 2 nitrogen and oxygen atoms in total. The van der Waals surface area contributed by atoms with E-state index in [0.29, 0.717) is 6.04 Å². The topological polar surface area (TPSA) is 24.9 Å². The van der Waals surface area contributed by atoms with Crippen molar-refractivity contribution in [1.29, 1.82) is 0 Å². The average molecular weight is 289 g/mol. The number of halogens is 1. The molecule has 0 fully saturated rings. The molecule has 1 N–H and O–H groups in total. The van der Waals surface area contributed by atoms with Gasteiger partial charge in [-0.05, 0) is 45.1 Å². The lowest BCUT2D eigenvalue weighted by molar-refractivity contribution is 0.580. The van der Waals surface area contributed by atoms with Gasteiger partial charge in [-0.1, -0.05) is 24.3 Å². The molecule has 1 aromatic heterocycles. The van der Waals surface area contributed by atoms with Crippen molar-refractivity contribution in [1.82, 2.24) is 10.3 Å². The molecule has 3 rings (SSSR count). The molecule has 17 heavy (non-hydrogen) atoms. The molecule has 0 amide bonds. The third-order valence-corrected chi connectivity index (χ3v) is 3.60. The molecule has 1 aliphatic heterocycles. The van der Waals surface area contributed by atoms with Gasteiger partial charge in [0, 0.05) is 29.5 Å². The number of hydrogen-bond acceptors (Lipinski definition) is 2. The van der Waals surface area contributed by atoms with Gasteiger partial charge in [0.05, 0.1) is 0 Å². The minimum atomic E-state index is 0.419. The van der Waals surface area contributed by atoms with Gasteiger partial charge in [0.25, 0.3) is 0 Å². The fourth-order valence-electron chi connectivity index (χ4n) is 2.36. The first-order valence-electron chi connectivity index (χ1n) is 5.73. The normalized spacial score (nSPS) is 18.1. The summed E-state index contributed by atoms with van der Waals surface area (Å²) in [4.78, 5) is 4.21. The van der Waals surface area contributed by atoms with Crippen molar-refractivity contribution in [2.24, 2.45) is 0 Å². The van der Waals surface area contributed by atoms with Gasteiger partial charge in [0.2, 0.25) is 0 Å². The minimum absolute atomic E-state index is 0.419. The quantitative estimate of drug-likeness (QED) is 0.918. The van der Waals surface area contributed by atoms with Gasteiger partial charge < -0.3 is 5.32 Å². The predicted octanol–water partition coefficient (Wildman–Crippen LogP) is 3.23. The van der Waals surface area contributed by atoms with Crippen LogP contribution in [0.1, 0.15) is 22.7 Å². The molecule has 0 spiro atoms. The van der Waals surface area contributed by atoms with Gasteiger partial charge in [-0.15, -0.1) is 0 Å². The van der Waals surface area contributed by atoms with E-state index in [1.165, 1.54) is 16.7 Å². The molecule has 0 bridgehead atoms. The first-order chi connectivity index (χ1) is 8.33. The molecule has 1 aliphatic rings. The Morgan fingerprint density at radius 1 is 1.29 bits per heavy atom. The van der Waals surface area contributed by atoms with E-state index in [9.17, 15) is 0 Å². The third kappa shape index (κ3) is 2.26. The average Bonchev–Trinajstić information content (AvgIpc) is 2.73. The van der Waals surface area contributed by atoms with Crippen molar-refractivity contribution >= 4 is 15.9 Å². The highest BCUT2D eigenvalue weighted by Gasteiger charge is 2.21. The summed E-state index contributed by atoms with van der Waals surface area (Å²) in [5, 5.41) is 3.55. The van der Waals surface area contributed by atoms with Crippen molar-refractivity contribution in [3.05, 3.63) is 63.9 Å². The lowest BCUT2D eigenvalue weighted by Crippen LogP contribution is -2.14. The Kier molecular flexibility index (Phi) is 2.95. The highest BCUT2D eigenvalue weighted by molar-refractivity contribution is 9.10. The molecule has 1 atom stereocenters. The van der Waals surface area contributed by atoms with Crippen LogP contribution in [0.2, 0.25) is 0 Å². The second kappa shape index (κ2) is 4.59. The van der Waals surface area contributed by atoms with E-state index in [2.05, 4.69) is 56.6 Å². The summed E-state index contributed by atoms with van der Waals surface area (Å²) in [6.45, 7) is 0.974. The number of benzene rings is 1. The molecule has 0 saturated heterocycles. The summed E-state index contributed by atoms with van der Waals surface area (Å²) < 4.78 is 1.04. The van der Waals surface area contributed by atoms with Gasteiger partial charge in [-0.3, -0.25) is 4.98 Å². The smallest absolute Gasteiger partial charge is 0.0410 e. The predicted molar refractivity (Wildman–Crippen MR) is 71.7 cm³/mol. The molecular weight excluding hydrogens is 276 g/mol. The first kappa shape index (κ1) is 10.9. The van der Waals surface area contributed by atoms with Crippen LogP contribution >= 0.6 is 15.9 Å². The number of rotatable bonds is 2. The highest BCUT2D eigenvalue weighted by Crippen LogP contribution is 2.28. The molecule has 2 heterocycles. The lowest BCUT2D eigenvalue weighted by atomic mass is 10.00. The monoisotopic (exact) mass is 288 g/mol. The summed E-state index contributed by atoms with van der Waals surface area (Å²) in [6, 6.07) is 11.2. The van der Waals surface area contributed by atoms with E-state index in [1.54, 1.807) is 0 Å². The van der Waals surface area contributed by atoms with Crippen molar-refractivity contribution in [2.45, 2.75) is 19.0 Å². The summed E-state index contributed by atoms with van der Waals surface area (Å²) in [6.07, 6.45) is 4.75. The van der Waals surface area contributed by atoms with Crippen LogP contribution in [0.25, 0.3) is 0 Å². The number of aromatic nitrogens is 1. The van der Waals surface area contributed by atoms with Crippen molar-refractivity contribution in [3.8, 4) is 0 Å². The molecule has 2 aromatic rings. The zero-order chi connectivity index (χ0) is 11.7. The van der Waals surface area contributed by atoms with Gasteiger partial charge in [-0.25, -0.2) is 0 Å². The zero-order valence-corrected chi connectivity index (χ0v) is 10.9. The Balaban J connectivity index is 1.84. The first-order valence-corrected chi connectivity index (χ1v) is 6.53. The Bertz CT molecular complexity index is 539. The van der Waals surface area contributed by atoms with E-state index in [4.69, 9.17) is 0 Å². The maximum atomic E-state index is 4.21. The lowest BCUT2D eigenvalue weighted by Gasteiger charge is -2.12. The van der Waals surface area contributed by atoms with Crippen molar-refractivity contribution in [3.63, 3.8) is 0 Å². The van der Waals surface area contributed by atoms with Gasteiger partial charge in [0.1, 0.15) is 0 Å². The Hall–Kier alpha value is -1.19. The molecule has 3 heteroatoms. The molecule has 0 saturated carbocycles. The second-order valence-corrected chi connectivity index (χ2v) is 5.26. The Morgan fingerprint density at radius 3 is 3.06 bits per heavy atom. The zero-order valence-electron chi connectivity index (χ0n) is 9.36. The van der Waals surface area contributed by atoms with Crippen LogP contribution in [0.15, 0.2) is 47.2 Å². The van der Waals surface area contributed by atoms with E-state index in [-0.39, 0.29) is 0 Å². The van der Waals surface area contributed by atoms with E-state index in [1.807, 2.05) is 12.4 Å². The van der Waals surface area contributed by atoms with Gasteiger partial charge in [0.15, 0.2) is 0 Å². The largest absolute Gasteiger partial charge is 0.306 e. The van der Waals surface area contributed by atoms with E-state index < -0.39 is 0 Å². The van der Waals surface area contributed by atoms with Gasteiger partial charge >= 0.3 is 0 Å². The number of pyridine rings is 1. The molecule has 0 aliphatic carbocycles. The molecule has 86 valence electrons. The van der Waals surface area contributed by atoms with Crippen LogP contribution in [0.5, 0.6) is 0 Å². The van der Waals surface area contributed by atoms with Crippen molar-refractivity contribution in [2.75, 3.05) is 0 Å². The van der Waals surface area contributed by atoms with Gasteiger partial charge in [-0.2, -0.15) is 0 Å².